The Morgan fingerprint density at radius 1 is 1.10 bits per heavy atom. The van der Waals surface area contributed by atoms with Crippen LogP contribution < -0.4 is 15.1 Å². The number of alkyl halides is 1. The molecule has 3 heterocycles. The molecule has 0 bridgehead atoms. The number of piperidine rings is 1. The van der Waals surface area contributed by atoms with Gasteiger partial charge in [-0.15, -0.1) is 0 Å². The van der Waals surface area contributed by atoms with Gasteiger partial charge >= 0.3 is 5.69 Å². The van der Waals surface area contributed by atoms with Crippen molar-refractivity contribution >= 4 is 28.7 Å². The quantitative estimate of drug-likeness (QED) is 0.606. The molecule has 1 aromatic heterocycles. The van der Waals surface area contributed by atoms with Crippen LogP contribution in [0.5, 0.6) is 0 Å². The molecule has 2 fully saturated rings. The summed E-state index contributed by atoms with van der Waals surface area (Å²) in [5.74, 6) is 0.883. The van der Waals surface area contributed by atoms with Gasteiger partial charge in [0.1, 0.15) is 12.0 Å². The second-order valence-electron chi connectivity index (χ2n) is 7.25. The molecule has 0 spiro atoms. The molecule has 0 aliphatic carbocycles. The minimum Gasteiger partial charge on any atom is -0.378 e. The van der Waals surface area contributed by atoms with E-state index in [-0.39, 0.29) is 11.5 Å². The number of morpholine rings is 1. The number of pyridine rings is 1. The Morgan fingerprint density at radius 2 is 1.86 bits per heavy atom. The molecule has 1 atom stereocenters. The highest BCUT2D eigenvalue weighted by Gasteiger charge is 2.21. The predicted octanol–water partition coefficient (Wildman–Crippen LogP) is 3.51. The molecule has 1 N–H and O–H groups in total. The monoisotopic (exact) mass is 401 g/mol. The fraction of sp³-hybridized carbons (Fsp3) is 0.450. The average molecular weight is 401 g/mol. The molecule has 2 saturated heterocycles. The summed E-state index contributed by atoms with van der Waals surface area (Å²) < 4.78 is 19.0. The van der Waals surface area contributed by atoms with Gasteiger partial charge in [0, 0.05) is 43.6 Å². The number of ether oxygens (including phenoxy) is 1. The zero-order chi connectivity index (χ0) is 20.2. The van der Waals surface area contributed by atoms with Crippen molar-refractivity contribution in [2.45, 2.75) is 19.0 Å². The van der Waals surface area contributed by atoms with Crippen LogP contribution in [0.1, 0.15) is 12.8 Å². The van der Waals surface area contributed by atoms with Crippen LogP contribution in [0.3, 0.4) is 0 Å². The standard InChI is InChI=1S/C20H24FN5O3/c21-15-2-1-9-25(14-15)17-5-3-16(4-6-17)22-20-18(26(27)28)7-8-19(23-20)24-10-12-29-13-11-24/h3-8,15H,1-2,9-14H2,(H,22,23). The lowest BCUT2D eigenvalue weighted by Crippen LogP contribution is -2.36. The highest BCUT2D eigenvalue weighted by molar-refractivity contribution is 5.69. The molecule has 154 valence electrons. The summed E-state index contributed by atoms with van der Waals surface area (Å²) in [4.78, 5) is 19.6. The number of nitro groups is 1. The molecule has 0 saturated carbocycles. The molecule has 8 nitrogen and oxygen atoms in total. The molecule has 1 unspecified atom stereocenters. The van der Waals surface area contributed by atoms with Gasteiger partial charge in [-0.25, -0.2) is 9.37 Å². The third kappa shape index (κ3) is 4.56. The van der Waals surface area contributed by atoms with Crippen LogP contribution in [0.2, 0.25) is 0 Å². The van der Waals surface area contributed by atoms with Crippen molar-refractivity contribution in [3.8, 4) is 0 Å². The fourth-order valence-electron chi connectivity index (χ4n) is 3.70. The highest BCUT2D eigenvalue weighted by Crippen LogP contribution is 2.30. The number of nitrogens with zero attached hydrogens (tertiary/aromatic N) is 4. The maximum Gasteiger partial charge on any atom is 0.311 e. The van der Waals surface area contributed by atoms with Gasteiger partial charge < -0.3 is 19.9 Å². The van der Waals surface area contributed by atoms with Crippen molar-refractivity contribution in [2.75, 3.05) is 54.5 Å². The molecule has 4 rings (SSSR count). The molecule has 2 aliphatic heterocycles. The van der Waals surface area contributed by atoms with E-state index < -0.39 is 11.1 Å². The van der Waals surface area contributed by atoms with Crippen LogP contribution in [0.4, 0.5) is 33.1 Å². The van der Waals surface area contributed by atoms with Crippen molar-refractivity contribution in [2.24, 2.45) is 0 Å². The van der Waals surface area contributed by atoms with Crippen LogP contribution in [-0.4, -0.2) is 55.5 Å². The van der Waals surface area contributed by atoms with Crippen LogP contribution in [0.25, 0.3) is 0 Å². The molecular formula is C20H24FN5O3. The summed E-state index contributed by atoms with van der Waals surface area (Å²) in [6.07, 6.45) is 0.660. The zero-order valence-corrected chi connectivity index (χ0v) is 16.1. The number of anilines is 4. The van der Waals surface area contributed by atoms with Crippen LogP contribution in [0.15, 0.2) is 36.4 Å². The van der Waals surface area contributed by atoms with Crippen molar-refractivity contribution < 1.29 is 14.1 Å². The average Bonchev–Trinajstić information content (AvgIpc) is 2.75. The minimum atomic E-state index is -0.795. The second-order valence-corrected chi connectivity index (χ2v) is 7.25. The highest BCUT2D eigenvalue weighted by atomic mass is 19.1. The van der Waals surface area contributed by atoms with E-state index in [0.717, 1.165) is 18.7 Å². The first-order valence-corrected chi connectivity index (χ1v) is 9.84. The summed E-state index contributed by atoms with van der Waals surface area (Å²) in [5.41, 5.74) is 1.56. The number of nitrogens with one attached hydrogen (secondary N) is 1. The third-order valence-electron chi connectivity index (χ3n) is 5.25. The van der Waals surface area contributed by atoms with E-state index in [1.807, 2.05) is 34.1 Å². The molecule has 2 aromatic rings. The maximum absolute atomic E-state index is 13.7. The van der Waals surface area contributed by atoms with Gasteiger partial charge in [-0.1, -0.05) is 0 Å². The van der Waals surface area contributed by atoms with Crippen LogP contribution >= 0.6 is 0 Å². The normalized spacial score (nSPS) is 19.8. The third-order valence-corrected chi connectivity index (χ3v) is 5.25. The number of hydrogen-bond donors (Lipinski definition) is 1. The minimum absolute atomic E-state index is 0.0811. The Morgan fingerprint density at radius 3 is 2.55 bits per heavy atom. The SMILES string of the molecule is O=[N+]([O-])c1ccc(N2CCOCC2)nc1Nc1ccc(N2CCCC(F)C2)cc1. The van der Waals surface area contributed by atoms with Crippen molar-refractivity contribution in [1.82, 2.24) is 4.98 Å². The lowest BCUT2D eigenvalue weighted by molar-refractivity contribution is -0.384. The van der Waals surface area contributed by atoms with Gasteiger partial charge in [0.05, 0.1) is 18.1 Å². The Labute approximate surface area is 168 Å². The Kier molecular flexibility index (Phi) is 5.75. The molecule has 9 heteroatoms. The number of aromatic nitrogens is 1. The van der Waals surface area contributed by atoms with E-state index in [1.54, 1.807) is 6.07 Å². The Bertz CT molecular complexity index is 858. The lowest BCUT2D eigenvalue weighted by Gasteiger charge is -2.31. The van der Waals surface area contributed by atoms with E-state index in [1.165, 1.54) is 6.07 Å². The number of benzene rings is 1. The summed E-state index contributed by atoms with van der Waals surface area (Å²) in [5, 5.41) is 14.5. The van der Waals surface area contributed by atoms with Gasteiger partial charge in [0.25, 0.3) is 0 Å². The smallest absolute Gasteiger partial charge is 0.311 e. The summed E-state index contributed by atoms with van der Waals surface area (Å²) >= 11 is 0. The van der Waals surface area contributed by atoms with Gasteiger partial charge in [-0.05, 0) is 43.2 Å². The van der Waals surface area contributed by atoms with Gasteiger partial charge in [0.2, 0.25) is 5.82 Å². The molecule has 1 aromatic carbocycles. The summed E-state index contributed by atoms with van der Waals surface area (Å²) in [6, 6.07) is 10.6. The van der Waals surface area contributed by atoms with Gasteiger partial charge in [0.15, 0.2) is 0 Å². The second kappa shape index (κ2) is 8.60. The van der Waals surface area contributed by atoms with Gasteiger partial charge in [-0.2, -0.15) is 0 Å². The first kappa shape index (κ1) is 19.4. The first-order chi connectivity index (χ1) is 14.1. The maximum atomic E-state index is 13.7. The molecule has 2 aliphatic rings. The predicted molar refractivity (Wildman–Crippen MR) is 110 cm³/mol. The van der Waals surface area contributed by atoms with Crippen LogP contribution in [-0.2, 0) is 4.74 Å². The van der Waals surface area contributed by atoms with E-state index in [2.05, 4.69) is 10.3 Å². The number of halogens is 1. The van der Waals surface area contributed by atoms with Crippen molar-refractivity contribution in [3.05, 3.63) is 46.5 Å². The Hall–Kier alpha value is -2.94. The summed E-state index contributed by atoms with van der Waals surface area (Å²) in [7, 11) is 0. The topological polar surface area (TPSA) is 83.8 Å². The van der Waals surface area contributed by atoms with E-state index in [9.17, 15) is 14.5 Å². The van der Waals surface area contributed by atoms with Crippen molar-refractivity contribution in [1.29, 1.82) is 0 Å². The van der Waals surface area contributed by atoms with E-state index >= 15 is 0 Å². The molecule has 0 radical (unpaired) electrons. The molecule has 0 amide bonds. The van der Waals surface area contributed by atoms with Crippen LogP contribution in [0, 0.1) is 10.1 Å². The fourth-order valence-corrected chi connectivity index (χ4v) is 3.70. The van der Waals surface area contributed by atoms with E-state index in [0.29, 0.717) is 50.8 Å². The number of rotatable bonds is 5. The lowest BCUT2D eigenvalue weighted by atomic mass is 10.1. The van der Waals surface area contributed by atoms with E-state index in [4.69, 9.17) is 4.74 Å². The zero-order valence-electron chi connectivity index (χ0n) is 16.1. The molecular weight excluding hydrogens is 377 g/mol. The largest absolute Gasteiger partial charge is 0.378 e. The van der Waals surface area contributed by atoms with Gasteiger partial charge in [-0.3, -0.25) is 10.1 Å². The molecule has 29 heavy (non-hydrogen) atoms. The summed E-state index contributed by atoms with van der Waals surface area (Å²) in [6.45, 7) is 3.86. The number of hydrogen-bond acceptors (Lipinski definition) is 7. The first-order valence-electron chi connectivity index (χ1n) is 9.84. The van der Waals surface area contributed by atoms with Crippen molar-refractivity contribution in [3.63, 3.8) is 0 Å². The Balaban J connectivity index is 1.53.